The molecule has 0 aromatic heterocycles. The van der Waals surface area contributed by atoms with E-state index >= 15 is 0 Å². The normalized spacial score (nSPS) is 28.4. The molecule has 1 fully saturated rings. The Morgan fingerprint density at radius 2 is 1.91 bits per heavy atom. The Kier molecular flexibility index (Phi) is 4.43. The molecule has 0 saturated heterocycles. The maximum absolute atomic E-state index is 14.4. The standard InChI is InChI=1S/C20H22FN/c1-2-6-15-11-12-19(21)18(13-22)20(15)17-10-5-8-14-7-3-4-9-16(14)17/h3-5,7-10,15,18-20H,2,6,11-12H2,1H3. The van der Waals surface area contributed by atoms with E-state index in [0.29, 0.717) is 12.3 Å². The van der Waals surface area contributed by atoms with E-state index in [1.807, 2.05) is 18.2 Å². The fourth-order valence-electron chi connectivity index (χ4n) is 4.09. The Labute approximate surface area is 131 Å². The summed E-state index contributed by atoms with van der Waals surface area (Å²) in [4.78, 5) is 0. The van der Waals surface area contributed by atoms with Crippen LogP contribution in [0.2, 0.25) is 0 Å². The minimum absolute atomic E-state index is 0.0137. The molecule has 0 aliphatic heterocycles. The smallest absolute Gasteiger partial charge is 0.116 e. The molecular weight excluding hydrogens is 273 g/mol. The van der Waals surface area contributed by atoms with Crippen LogP contribution in [-0.4, -0.2) is 6.17 Å². The molecule has 1 saturated carbocycles. The molecule has 4 unspecified atom stereocenters. The van der Waals surface area contributed by atoms with Gasteiger partial charge in [0.2, 0.25) is 0 Å². The van der Waals surface area contributed by atoms with Crippen LogP contribution in [0.4, 0.5) is 4.39 Å². The number of hydrogen-bond acceptors (Lipinski definition) is 1. The van der Waals surface area contributed by atoms with E-state index in [9.17, 15) is 9.65 Å². The Morgan fingerprint density at radius 1 is 1.14 bits per heavy atom. The topological polar surface area (TPSA) is 23.8 Å². The number of alkyl halides is 1. The molecule has 2 aromatic carbocycles. The molecule has 0 amide bonds. The zero-order chi connectivity index (χ0) is 15.5. The zero-order valence-corrected chi connectivity index (χ0v) is 13.0. The Bertz CT molecular complexity index is 682. The molecule has 114 valence electrons. The van der Waals surface area contributed by atoms with Gasteiger partial charge in [-0.15, -0.1) is 0 Å². The Balaban J connectivity index is 2.12. The quantitative estimate of drug-likeness (QED) is 0.721. The molecule has 1 aliphatic rings. The lowest BCUT2D eigenvalue weighted by Crippen LogP contribution is -2.33. The van der Waals surface area contributed by atoms with Crippen molar-refractivity contribution in [3.05, 3.63) is 48.0 Å². The predicted molar refractivity (Wildman–Crippen MR) is 88.3 cm³/mol. The van der Waals surface area contributed by atoms with Crippen molar-refractivity contribution >= 4 is 10.8 Å². The van der Waals surface area contributed by atoms with Gasteiger partial charge in [0.15, 0.2) is 0 Å². The highest BCUT2D eigenvalue weighted by Crippen LogP contribution is 2.46. The molecule has 2 heteroatoms. The van der Waals surface area contributed by atoms with Gasteiger partial charge in [-0.3, -0.25) is 0 Å². The maximum atomic E-state index is 14.4. The van der Waals surface area contributed by atoms with Crippen molar-refractivity contribution < 1.29 is 4.39 Å². The van der Waals surface area contributed by atoms with E-state index in [1.54, 1.807) is 0 Å². The summed E-state index contributed by atoms with van der Waals surface area (Å²) in [6, 6.07) is 16.7. The summed E-state index contributed by atoms with van der Waals surface area (Å²) in [5.41, 5.74) is 1.16. The summed E-state index contributed by atoms with van der Waals surface area (Å²) in [6.45, 7) is 2.17. The molecule has 3 rings (SSSR count). The lowest BCUT2D eigenvalue weighted by molar-refractivity contribution is 0.130. The number of fused-ring (bicyclic) bond motifs is 1. The lowest BCUT2D eigenvalue weighted by atomic mass is 9.66. The van der Waals surface area contributed by atoms with E-state index in [4.69, 9.17) is 0 Å². The number of rotatable bonds is 3. The number of benzene rings is 2. The molecule has 0 radical (unpaired) electrons. The summed E-state index contributed by atoms with van der Waals surface area (Å²) in [6.07, 6.45) is 2.58. The van der Waals surface area contributed by atoms with Gasteiger partial charge in [-0.2, -0.15) is 5.26 Å². The average Bonchev–Trinajstić information content (AvgIpc) is 2.56. The first kappa shape index (κ1) is 15.0. The van der Waals surface area contributed by atoms with Crippen LogP contribution in [0.3, 0.4) is 0 Å². The largest absolute Gasteiger partial charge is 0.246 e. The molecule has 0 N–H and O–H groups in total. The Hall–Kier alpha value is -1.88. The van der Waals surface area contributed by atoms with Crippen LogP contribution in [0.15, 0.2) is 42.5 Å². The van der Waals surface area contributed by atoms with Crippen LogP contribution >= 0.6 is 0 Å². The van der Waals surface area contributed by atoms with Gasteiger partial charge in [-0.1, -0.05) is 62.2 Å². The summed E-state index contributed by atoms with van der Waals surface area (Å²) >= 11 is 0. The van der Waals surface area contributed by atoms with Gasteiger partial charge in [-0.25, -0.2) is 4.39 Å². The molecule has 1 nitrogen and oxygen atoms in total. The highest BCUT2D eigenvalue weighted by atomic mass is 19.1. The van der Waals surface area contributed by atoms with Gasteiger partial charge in [0.25, 0.3) is 0 Å². The van der Waals surface area contributed by atoms with E-state index in [1.165, 1.54) is 10.8 Å². The summed E-state index contributed by atoms with van der Waals surface area (Å²) in [7, 11) is 0. The van der Waals surface area contributed by atoms with Gasteiger partial charge in [-0.05, 0) is 35.1 Å². The van der Waals surface area contributed by atoms with Crippen LogP contribution in [0.5, 0.6) is 0 Å². The predicted octanol–water partition coefficient (Wildman–Crippen LogP) is 5.61. The molecule has 22 heavy (non-hydrogen) atoms. The maximum Gasteiger partial charge on any atom is 0.116 e. The van der Waals surface area contributed by atoms with E-state index in [0.717, 1.165) is 24.8 Å². The first-order valence-corrected chi connectivity index (χ1v) is 8.27. The first-order valence-electron chi connectivity index (χ1n) is 8.27. The SMILES string of the molecule is CCCC1CCC(F)C(C#N)C1c1cccc2ccccc12. The highest BCUT2D eigenvalue weighted by molar-refractivity contribution is 5.86. The molecule has 1 aliphatic carbocycles. The minimum atomic E-state index is -0.998. The number of halogens is 1. The highest BCUT2D eigenvalue weighted by Gasteiger charge is 2.40. The monoisotopic (exact) mass is 295 g/mol. The van der Waals surface area contributed by atoms with Crippen molar-refractivity contribution in [2.75, 3.05) is 0 Å². The molecule has 2 aromatic rings. The van der Waals surface area contributed by atoms with Crippen LogP contribution in [-0.2, 0) is 0 Å². The van der Waals surface area contributed by atoms with Gasteiger partial charge in [0, 0.05) is 5.92 Å². The molecule has 0 heterocycles. The van der Waals surface area contributed by atoms with Gasteiger partial charge in [0.1, 0.15) is 6.17 Å². The number of hydrogen-bond donors (Lipinski definition) is 0. The van der Waals surface area contributed by atoms with Crippen LogP contribution in [0.25, 0.3) is 10.8 Å². The van der Waals surface area contributed by atoms with E-state index in [2.05, 4.69) is 37.3 Å². The fourth-order valence-corrected chi connectivity index (χ4v) is 4.09. The van der Waals surface area contributed by atoms with Crippen molar-refractivity contribution in [3.63, 3.8) is 0 Å². The fraction of sp³-hybridized carbons (Fsp3) is 0.450. The van der Waals surface area contributed by atoms with Gasteiger partial charge < -0.3 is 0 Å². The van der Waals surface area contributed by atoms with Gasteiger partial charge >= 0.3 is 0 Å². The second-order valence-corrected chi connectivity index (χ2v) is 6.39. The third kappa shape index (κ3) is 2.61. The molecular formula is C20H22FN. The number of nitrogens with zero attached hydrogens (tertiary/aromatic N) is 1. The van der Waals surface area contributed by atoms with Crippen molar-refractivity contribution in [1.82, 2.24) is 0 Å². The molecule has 0 bridgehead atoms. The van der Waals surface area contributed by atoms with Crippen LogP contribution < -0.4 is 0 Å². The van der Waals surface area contributed by atoms with Crippen molar-refractivity contribution in [1.29, 1.82) is 5.26 Å². The average molecular weight is 295 g/mol. The Morgan fingerprint density at radius 3 is 2.68 bits per heavy atom. The summed E-state index contributed by atoms with van der Waals surface area (Å²) < 4.78 is 14.4. The van der Waals surface area contributed by atoms with Crippen molar-refractivity contribution in [3.8, 4) is 6.07 Å². The van der Waals surface area contributed by atoms with Crippen LogP contribution in [0, 0.1) is 23.2 Å². The summed E-state index contributed by atoms with van der Waals surface area (Å²) in [5.74, 6) is -0.0941. The minimum Gasteiger partial charge on any atom is -0.246 e. The second kappa shape index (κ2) is 6.48. The van der Waals surface area contributed by atoms with Gasteiger partial charge in [0.05, 0.1) is 12.0 Å². The first-order chi connectivity index (χ1) is 10.8. The van der Waals surface area contributed by atoms with E-state index < -0.39 is 12.1 Å². The van der Waals surface area contributed by atoms with Crippen molar-refractivity contribution in [2.24, 2.45) is 11.8 Å². The molecule has 0 spiro atoms. The summed E-state index contributed by atoms with van der Waals surface area (Å²) in [5, 5.41) is 11.9. The third-order valence-electron chi connectivity index (χ3n) is 5.09. The second-order valence-electron chi connectivity index (χ2n) is 6.39. The van der Waals surface area contributed by atoms with Crippen LogP contribution in [0.1, 0.15) is 44.1 Å². The third-order valence-corrected chi connectivity index (χ3v) is 5.09. The van der Waals surface area contributed by atoms with E-state index in [-0.39, 0.29) is 5.92 Å². The van der Waals surface area contributed by atoms with Crippen molar-refractivity contribution in [2.45, 2.75) is 44.7 Å². The molecule has 4 atom stereocenters. The number of nitriles is 1. The zero-order valence-electron chi connectivity index (χ0n) is 13.0. The lowest BCUT2D eigenvalue weighted by Gasteiger charge is -2.38.